The van der Waals surface area contributed by atoms with Crippen LogP contribution in [-0.4, -0.2) is 45.3 Å². The molecule has 1 saturated heterocycles. The van der Waals surface area contributed by atoms with E-state index in [0.717, 1.165) is 24.3 Å². The molecule has 6 nitrogen and oxygen atoms in total. The van der Waals surface area contributed by atoms with Crippen molar-refractivity contribution in [3.05, 3.63) is 42.1 Å². The van der Waals surface area contributed by atoms with Gasteiger partial charge in [0.05, 0.1) is 12.6 Å². The smallest absolute Gasteiger partial charge is 0.340 e. The number of rotatable bonds is 5. The summed E-state index contributed by atoms with van der Waals surface area (Å²) in [5.41, 5.74) is 0.0855. The molecule has 23 heavy (non-hydrogen) atoms. The molecule has 0 unspecified atom stereocenters. The van der Waals surface area contributed by atoms with Crippen molar-refractivity contribution in [2.75, 3.05) is 18.1 Å². The Morgan fingerprint density at radius 1 is 1.35 bits per heavy atom. The van der Waals surface area contributed by atoms with Gasteiger partial charge in [0, 0.05) is 17.6 Å². The molecule has 1 atom stereocenters. The van der Waals surface area contributed by atoms with Gasteiger partial charge in [-0.3, -0.25) is 0 Å². The van der Waals surface area contributed by atoms with Gasteiger partial charge in [-0.25, -0.2) is 14.8 Å². The normalized spacial score (nSPS) is 17.4. The number of benzene rings is 1. The van der Waals surface area contributed by atoms with Crippen LogP contribution >= 0.6 is 11.8 Å². The van der Waals surface area contributed by atoms with E-state index < -0.39 is 5.97 Å². The summed E-state index contributed by atoms with van der Waals surface area (Å²) < 4.78 is 0. The van der Waals surface area contributed by atoms with E-state index in [9.17, 15) is 15.0 Å². The molecule has 0 radical (unpaired) electrons. The SMILES string of the molecule is O=C(O)c1cnc(N2CCC[C@H]2CO)nc1Sc1ccccc1. The molecule has 2 N–H and O–H groups in total. The number of carboxylic acids is 1. The van der Waals surface area contributed by atoms with Crippen molar-refractivity contribution in [1.82, 2.24) is 9.97 Å². The number of hydrogen-bond donors (Lipinski definition) is 2. The van der Waals surface area contributed by atoms with Crippen molar-refractivity contribution in [2.45, 2.75) is 28.8 Å². The third-order valence-electron chi connectivity index (χ3n) is 3.77. The van der Waals surface area contributed by atoms with E-state index in [4.69, 9.17) is 0 Å². The third kappa shape index (κ3) is 3.46. The molecular formula is C16H17N3O3S. The zero-order chi connectivity index (χ0) is 16.2. The maximum absolute atomic E-state index is 11.4. The Labute approximate surface area is 138 Å². The maximum Gasteiger partial charge on any atom is 0.340 e. The fourth-order valence-corrected chi connectivity index (χ4v) is 3.50. The van der Waals surface area contributed by atoms with E-state index >= 15 is 0 Å². The Hall–Kier alpha value is -2.12. The minimum atomic E-state index is -1.05. The molecule has 1 fully saturated rings. The van der Waals surface area contributed by atoms with Crippen molar-refractivity contribution in [2.24, 2.45) is 0 Å². The van der Waals surface area contributed by atoms with Crippen LogP contribution in [0.4, 0.5) is 5.95 Å². The fraction of sp³-hybridized carbons (Fsp3) is 0.312. The molecule has 0 amide bonds. The van der Waals surface area contributed by atoms with Crippen LogP contribution in [-0.2, 0) is 0 Å². The maximum atomic E-state index is 11.4. The standard InChI is InChI=1S/C16H17N3O3S/c20-10-11-5-4-8-19(11)16-17-9-13(15(21)22)14(18-16)23-12-6-2-1-3-7-12/h1-3,6-7,9,11,20H,4-5,8,10H2,(H,21,22)/t11-/m0/s1. The average Bonchev–Trinajstić information content (AvgIpc) is 3.04. The number of anilines is 1. The van der Waals surface area contributed by atoms with Gasteiger partial charge < -0.3 is 15.1 Å². The number of aliphatic hydroxyl groups is 1. The predicted molar refractivity (Wildman–Crippen MR) is 87.0 cm³/mol. The lowest BCUT2D eigenvalue weighted by Gasteiger charge is -2.23. The van der Waals surface area contributed by atoms with Crippen LogP contribution in [0, 0.1) is 0 Å². The monoisotopic (exact) mass is 331 g/mol. The quantitative estimate of drug-likeness (QED) is 0.813. The molecule has 1 aliphatic heterocycles. The Morgan fingerprint density at radius 2 is 2.13 bits per heavy atom. The van der Waals surface area contributed by atoms with Crippen molar-refractivity contribution in [3.63, 3.8) is 0 Å². The van der Waals surface area contributed by atoms with E-state index in [2.05, 4.69) is 9.97 Å². The first-order valence-corrected chi connectivity index (χ1v) is 8.21. The summed E-state index contributed by atoms with van der Waals surface area (Å²) in [5.74, 6) is -0.569. The molecule has 2 heterocycles. The number of nitrogens with zero attached hydrogens (tertiary/aromatic N) is 3. The van der Waals surface area contributed by atoms with E-state index in [1.807, 2.05) is 35.2 Å². The van der Waals surface area contributed by atoms with Gasteiger partial charge in [-0.15, -0.1) is 0 Å². The Bertz CT molecular complexity index is 696. The summed E-state index contributed by atoms with van der Waals surface area (Å²) in [5, 5.41) is 19.2. The minimum Gasteiger partial charge on any atom is -0.478 e. The Morgan fingerprint density at radius 3 is 2.83 bits per heavy atom. The highest BCUT2D eigenvalue weighted by molar-refractivity contribution is 7.99. The summed E-state index contributed by atoms with van der Waals surface area (Å²) in [6.07, 6.45) is 3.21. The van der Waals surface area contributed by atoms with E-state index in [1.54, 1.807) is 0 Å². The molecule has 0 spiro atoms. The fourth-order valence-electron chi connectivity index (χ4n) is 2.61. The number of aromatic carboxylic acids is 1. The van der Waals surface area contributed by atoms with Crippen LogP contribution in [0.1, 0.15) is 23.2 Å². The van der Waals surface area contributed by atoms with Gasteiger partial charge in [-0.2, -0.15) is 0 Å². The van der Waals surface area contributed by atoms with Crippen molar-refractivity contribution in [3.8, 4) is 0 Å². The highest BCUT2D eigenvalue weighted by Gasteiger charge is 2.27. The van der Waals surface area contributed by atoms with Gasteiger partial charge in [-0.05, 0) is 25.0 Å². The second kappa shape index (κ2) is 6.97. The summed E-state index contributed by atoms with van der Waals surface area (Å²) in [4.78, 5) is 22.9. The first-order chi connectivity index (χ1) is 11.2. The van der Waals surface area contributed by atoms with Gasteiger partial charge in [0.1, 0.15) is 10.6 Å². The van der Waals surface area contributed by atoms with E-state index in [1.165, 1.54) is 18.0 Å². The van der Waals surface area contributed by atoms with Gasteiger partial charge in [-0.1, -0.05) is 30.0 Å². The Kier molecular flexibility index (Phi) is 4.78. The lowest BCUT2D eigenvalue weighted by molar-refractivity contribution is 0.0691. The minimum absolute atomic E-state index is 0.000235. The second-order valence-corrected chi connectivity index (χ2v) is 6.34. The van der Waals surface area contributed by atoms with Gasteiger partial charge in [0.15, 0.2) is 0 Å². The molecule has 120 valence electrons. The molecule has 2 aromatic rings. The first kappa shape index (κ1) is 15.8. The number of aliphatic hydroxyl groups excluding tert-OH is 1. The van der Waals surface area contributed by atoms with Crippen LogP contribution in [0.3, 0.4) is 0 Å². The predicted octanol–water partition coefficient (Wildman–Crippen LogP) is 2.29. The third-order valence-corrected chi connectivity index (χ3v) is 4.79. The largest absolute Gasteiger partial charge is 0.478 e. The van der Waals surface area contributed by atoms with Crippen LogP contribution < -0.4 is 4.90 Å². The van der Waals surface area contributed by atoms with Gasteiger partial charge in [0.25, 0.3) is 0 Å². The van der Waals surface area contributed by atoms with Crippen LogP contribution in [0.15, 0.2) is 46.5 Å². The Balaban J connectivity index is 1.95. The molecule has 3 rings (SSSR count). The number of carbonyl (C=O) groups is 1. The molecule has 1 aliphatic rings. The van der Waals surface area contributed by atoms with Gasteiger partial charge in [0.2, 0.25) is 5.95 Å². The van der Waals surface area contributed by atoms with E-state index in [0.29, 0.717) is 11.0 Å². The van der Waals surface area contributed by atoms with Crippen LogP contribution in [0.2, 0.25) is 0 Å². The number of aromatic nitrogens is 2. The lowest BCUT2D eigenvalue weighted by Crippen LogP contribution is -2.33. The summed E-state index contributed by atoms with van der Waals surface area (Å²) in [6.45, 7) is 0.818. The highest BCUT2D eigenvalue weighted by Crippen LogP contribution is 2.31. The topological polar surface area (TPSA) is 86.5 Å². The summed E-state index contributed by atoms with van der Waals surface area (Å²) in [7, 11) is 0. The second-order valence-electron chi connectivity index (χ2n) is 5.28. The van der Waals surface area contributed by atoms with Crippen molar-refractivity contribution < 1.29 is 15.0 Å². The molecule has 0 bridgehead atoms. The van der Waals surface area contributed by atoms with Crippen molar-refractivity contribution in [1.29, 1.82) is 0 Å². The van der Waals surface area contributed by atoms with Crippen LogP contribution in [0.25, 0.3) is 0 Å². The van der Waals surface area contributed by atoms with E-state index in [-0.39, 0.29) is 18.2 Å². The molecule has 0 saturated carbocycles. The summed E-state index contributed by atoms with van der Waals surface area (Å²) in [6, 6.07) is 9.51. The molecule has 1 aromatic heterocycles. The molecular weight excluding hydrogens is 314 g/mol. The number of hydrogen-bond acceptors (Lipinski definition) is 6. The molecule has 0 aliphatic carbocycles. The average molecular weight is 331 g/mol. The van der Waals surface area contributed by atoms with Gasteiger partial charge >= 0.3 is 5.97 Å². The zero-order valence-corrected chi connectivity index (χ0v) is 13.2. The number of carboxylic acid groups (broad SMARTS) is 1. The highest BCUT2D eigenvalue weighted by atomic mass is 32.2. The first-order valence-electron chi connectivity index (χ1n) is 7.40. The summed E-state index contributed by atoms with van der Waals surface area (Å²) >= 11 is 1.30. The molecule has 1 aromatic carbocycles. The van der Waals surface area contributed by atoms with Crippen LogP contribution in [0.5, 0.6) is 0 Å². The molecule has 7 heteroatoms. The van der Waals surface area contributed by atoms with Crippen molar-refractivity contribution >= 4 is 23.7 Å². The lowest BCUT2D eigenvalue weighted by atomic mass is 10.2. The zero-order valence-electron chi connectivity index (χ0n) is 12.4.